The number of piperidine rings is 1. The van der Waals surface area contributed by atoms with E-state index in [1.807, 2.05) is 0 Å². The smallest absolute Gasteiger partial charge is 0.234 e. The zero-order valence-electron chi connectivity index (χ0n) is 13.0. The lowest BCUT2D eigenvalue weighted by molar-refractivity contribution is -0.120. The van der Waals surface area contributed by atoms with Crippen LogP contribution in [-0.2, 0) is 4.79 Å². The van der Waals surface area contributed by atoms with Gasteiger partial charge in [0.1, 0.15) is 0 Å². The van der Waals surface area contributed by atoms with E-state index in [4.69, 9.17) is 0 Å². The van der Waals surface area contributed by atoms with E-state index < -0.39 is 0 Å². The molecule has 0 aromatic heterocycles. The Bertz CT molecular complexity index is 274. The summed E-state index contributed by atoms with van der Waals surface area (Å²) in [6.45, 7) is 12.5. The minimum absolute atomic E-state index is 0. The Morgan fingerprint density at radius 3 is 2.26 bits per heavy atom. The van der Waals surface area contributed by atoms with E-state index in [0.29, 0.717) is 13.1 Å². The van der Waals surface area contributed by atoms with Gasteiger partial charge in [0.05, 0.1) is 6.54 Å². The fourth-order valence-electron chi connectivity index (χ4n) is 2.81. The monoisotopic (exact) mass is 291 g/mol. The van der Waals surface area contributed by atoms with E-state index in [-0.39, 0.29) is 23.9 Å². The number of likely N-dealkylation sites (tertiary alicyclic amines) is 1. The first-order chi connectivity index (χ1) is 8.35. The van der Waals surface area contributed by atoms with E-state index in [0.717, 1.165) is 24.9 Å². The van der Waals surface area contributed by atoms with Crippen LogP contribution in [-0.4, -0.2) is 49.6 Å². The van der Waals surface area contributed by atoms with Crippen LogP contribution >= 0.6 is 12.4 Å². The Morgan fingerprint density at radius 2 is 1.79 bits per heavy atom. The predicted molar refractivity (Wildman–Crippen MR) is 82.8 cm³/mol. The van der Waals surface area contributed by atoms with Crippen molar-refractivity contribution >= 4 is 18.3 Å². The van der Waals surface area contributed by atoms with Crippen molar-refractivity contribution in [3.63, 3.8) is 0 Å². The van der Waals surface area contributed by atoms with Crippen LogP contribution in [0.4, 0.5) is 0 Å². The summed E-state index contributed by atoms with van der Waals surface area (Å²) in [5.41, 5.74) is 0.0341. The van der Waals surface area contributed by atoms with Gasteiger partial charge in [0.25, 0.3) is 0 Å². The van der Waals surface area contributed by atoms with Gasteiger partial charge in [-0.25, -0.2) is 0 Å². The molecule has 1 amide bonds. The molecule has 0 bridgehead atoms. The van der Waals surface area contributed by atoms with E-state index >= 15 is 0 Å². The molecule has 2 unspecified atom stereocenters. The first-order valence-electron chi connectivity index (χ1n) is 7.01. The van der Waals surface area contributed by atoms with Crippen LogP contribution in [0.15, 0.2) is 0 Å². The molecule has 19 heavy (non-hydrogen) atoms. The number of nitrogens with zero attached hydrogens (tertiary/aromatic N) is 1. The van der Waals surface area contributed by atoms with Gasteiger partial charge in [0.2, 0.25) is 5.91 Å². The molecule has 1 rings (SSSR count). The molecule has 4 nitrogen and oxygen atoms in total. The van der Waals surface area contributed by atoms with Crippen molar-refractivity contribution in [3.05, 3.63) is 0 Å². The highest BCUT2D eigenvalue weighted by atomic mass is 35.5. The predicted octanol–water partition coefficient (Wildman–Crippen LogP) is 1.50. The Labute approximate surface area is 124 Å². The number of hydrogen-bond acceptors (Lipinski definition) is 3. The van der Waals surface area contributed by atoms with Crippen molar-refractivity contribution in [1.29, 1.82) is 0 Å². The van der Waals surface area contributed by atoms with Gasteiger partial charge in [-0.05, 0) is 39.2 Å². The molecule has 114 valence electrons. The molecular formula is C14H30ClN3O. The Morgan fingerprint density at radius 1 is 1.26 bits per heavy atom. The minimum Gasteiger partial charge on any atom is -0.353 e. The third kappa shape index (κ3) is 6.11. The standard InChI is InChI=1S/C14H29N3O.ClH/c1-11-6-12(2)9-17(8-11)14(3,4)10-16-13(18)7-15-5;/h11-12,15H,6-10H2,1-5H3,(H,16,18);1H. The summed E-state index contributed by atoms with van der Waals surface area (Å²) in [5, 5.41) is 5.88. The second-order valence-corrected chi connectivity index (χ2v) is 6.47. The molecule has 0 spiro atoms. The van der Waals surface area contributed by atoms with Crippen LogP contribution < -0.4 is 10.6 Å². The number of halogens is 1. The molecule has 1 saturated heterocycles. The largest absolute Gasteiger partial charge is 0.353 e. The lowest BCUT2D eigenvalue weighted by Gasteiger charge is -2.45. The van der Waals surface area contributed by atoms with E-state index in [1.54, 1.807) is 7.05 Å². The maximum absolute atomic E-state index is 11.5. The van der Waals surface area contributed by atoms with E-state index in [2.05, 4.69) is 43.2 Å². The van der Waals surface area contributed by atoms with Gasteiger partial charge in [-0.3, -0.25) is 9.69 Å². The van der Waals surface area contributed by atoms with Gasteiger partial charge in [-0.15, -0.1) is 12.4 Å². The summed E-state index contributed by atoms with van der Waals surface area (Å²) >= 11 is 0. The molecule has 1 fully saturated rings. The fraction of sp³-hybridized carbons (Fsp3) is 0.929. The number of hydrogen-bond donors (Lipinski definition) is 2. The summed E-state index contributed by atoms with van der Waals surface area (Å²) < 4.78 is 0. The first-order valence-corrected chi connectivity index (χ1v) is 7.01. The third-order valence-electron chi connectivity index (χ3n) is 3.78. The van der Waals surface area contributed by atoms with Gasteiger partial charge in [0.15, 0.2) is 0 Å². The van der Waals surface area contributed by atoms with Crippen molar-refractivity contribution in [3.8, 4) is 0 Å². The van der Waals surface area contributed by atoms with Crippen LogP contribution in [0.5, 0.6) is 0 Å². The Balaban J connectivity index is 0.00000324. The molecule has 0 aliphatic carbocycles. The van der Waals surface area contributed by atoms with Crippen LogP contribution in [0.25, 0.3) is 0 Å². The van der Waals surface area contributed by atoms with Crippen LogP contribution in [0, 0.1) is 11.8 Å². The summed E-state index contributed by atoms with van der Waals surface area (Å²) in [6, 6.07) is 0. The van der Waals surface area contributed by atoms with Gasteiger partial charge >= 0.3 is 0 Å². The molecule has 2 atom stereocenters. The molecule has 2 N–H and O–H groups in total. The highest BCUT2D eigenvalue weighted by Gasteiger charge is 2.32. The molecular weight excluding hydrogens is 262 g/mol. The normalized spacial score (nSPS) is 24.7. The average molecular weight is 292 g/mol. The zero-order chi connectivity index (χ0) is 13.8. The van der Waals surface area contributed by atoms with Crippen LogP contribution in [0.3, 0.4) is 0 Å². The number of amides is 1. The van der Waals surface area contributed by atoms with Crippen molar-refractivity contribution in [1.82, 2.24) is 15.5 Å². The quantitative estimate of drug-likeness (QED) is 0.807. The van der Waals surface area contributed by atoms with Gasteiger partial charge < -0.3 is 10.6 Å². The van der Waals surface area contributed by atoms with Crippen molar-refractivity contribution < 1.29 is 4.79 Å². The topological polar surface area (TPSA) is 44.4 Å². The molecule has 1 heterocycles. The minimum atomic E-state index is 0. The number of carbonyl (C=O) groups excluding carboxylic acids is 1. The van der Waals surface area contributed by atoms with Crippen LogP contribution in [0.1, 0.15) is 34.1 Å². The third-order valence-corrected chi connectivity index (χ3v) is 3.78. The highest BCUT2D eigenvalue weighted by Crippen LogP contribution is 2.26. The molecule has 5 heteroatoms. The number of likely N-dealkylation sites (N-methyl/N-ethyl adjacent to an activating group) is 1. The van der Waals surface area contributed by atoms with E-state index in [9.17, 15) is 4.79 Å². The Hall–Kier alpha value is -0.320. The Kier molecular flexibility index (Phi) is 7.94. The highest BCUT2D eigenvalue weighted by molar-refractivity contribution is 5.85. The molecule has 0 aromatic carbocycles. The summed E-state index contributed by atoms with van der Waals surface area (Å²) in [7, 11) is 1.79. The van der Waals surface area contributed by atoms with Crippen molar-refractivity contribution in [2.45, 2.75) is 39.7 Å². The summed E-state index contributed by atoms with van der Waals surface area (Å²) in [5.74, 6) is 1.57. The maximum atomic E-state index is 11.5. The average Bonchev–Trinajstić information content (AvgIpc) is 2.26. The lowest BCUT2D eigenvalue weighted by Crippen LogP contribution is -2.56. The van der Waals surface area contributed by atoms with Crippen molar-refractivity contribution in [2.24, 2.45) is 11.8 Å². The molecule has 0 aromatic rings. The molecule has 0 radical (unpaired) electrons. The zero-order valence-corrected chi connectivity index (χ0v) is 13.8. The van der Waals surface area contributed by atoms with Gasteiger partial charge in [-0.1, -0.05) is 13.8 Å². The second-order valence-electron chi connectivity index (χ2n) is 6.47. The fourth-order valence-corrected chi connectivity index (χ4v) is 2.81. The van der Waals surface area contributed by atoms with E-state index in [1.165, 1.54) is 6.42 Å². The molecule has 0 saturated carbocycles. The SMILES string of the molecule is CNCC(=O)NCC(C)(C)N1CC(C)CC(C)C1.Cl. The number of rotatable bonds is 5. The van der Waals surface area contributed by atoms with Gasteiger partial charge in [-0.2, -0.15) is 0 Å². The maximum Gasteiger partial charge on any atom is 0.234 e. The first kappa shape index (κ1) is 18.7. The molecule has 1 aliphatic rings. The number of nitrogens with one attached hydrogen (secondary N) is 2. The number of carbonyl (C=O) groups is 1. The van der Waals surface area contributed by atoms with Crippen LogP contribution in [0.2, 0.25) is 0 Å². The second kappa shape index (κ2) is 8.08. The van der Waals surface area contributed by atoms with Crippen molar-refractivity contribution in [2.75, 3.05) is 33.2 Å². The lowest BCUT2D eigenvalue weighted by atomic mass is 9.88. The molecule has 1 aliphatic heterocycles. The summed E-state index contributed by atoms with van der Waals surface area (Å²) in [4.78, 5) is 14.0. The van der Waals surface area contributed by atoms with Gasteiger partial charge in [0, 0.05) is 25.2 Å². The summed E-state index contributed by atoms with van der Waals surface area (Å²) in [6.07, 6.45) is 1.32.